The molecule has 2 saturated heterocycles. The van der Waals surface area contributed by atoms with Crippen molar-refractivity contribution in [3.8, 4) is 17.6 Å². The highest BCUT2D eigenvalue weighted by Crippen LogP contribution is 2.35. The average Bonchev–Trinajstić information content (AvgIpc) is 3.55. The standard InChI is InChI=1S/C28H34N4O4/c1-31(2)18-24-26(35-22-6-3-21(17-29)4-7-22)10-8-23-25(30-36-28(23)24)9-5-20-11-13-32(14-12-20)19-27-33-15-16-34-27/h3-4,6-8,10,20,27H,5,9,11-16,18-19H2,1-2H3. The maximum Gasteiger partial charge on any atom is 0.175 e. The summed E-state index contributed by atoms with van der Waals surface area (Å²) in [7, 11) is 4.05. The molecule has 2 aliphatic rings. The first-order chi connectivity index (χ1) is 17.6. The first-order valence-electron chi connectivity index (χ1n) is 12.8. The van der Waals surface area contributed by atoms with Crippen LogP contribution in [-0.4, -0.2) is 68.2 Å². The minimum atomic E-state index is -0.0508. The molecule has 3 aromatic rings. The van der Waals surface area contributed by atoms with E-state index >= 15 is 0 Å². The summed E-state index contributed by atoms with van der Waals surface area (Å²) in [6.07, 6.45) is 4.35. The Labute approximate surface area is 212 Å². The van der Waals surface area contributed by atoms with Gasteiger partial charge in [-0.2, -0.15) is 5.26 Å². The van der Waals surface area contributed by atoms with Gasteiger partial charge in [0.25, 0.3) is 0 Å². The zero-order valence-corrected chi connectivity index (χ0v) is 21.1. The van der Waals surface area contributed by atoms with Gasteiger partial charge in [0.2, 0.25) is 0 Å². The van der Waals surface area contributed by atoms with Crippen molar-refractivity contribution >= 4 is 11.0 Å². The van der Waals surface area contributed by atoms with Gasteiger partial charge in [-0.3, -0.25) is 4.90 Å². The van der Waals surface area contributed by atoms with Crippen molar-refractivity contribution in [2.75, 3.05) is 46.9 Å². The van der Waals surface area contributed by atoms with Crippen molar-refractivity contribution in [2.45, 2.75) is 38.5 Å². The van der Waals surface area contributed by atoms with Gasteiger partial charge < -0.3 is 23.6 Å². The number of hydrogen-bond acceptors (Lipinski definition) is 8. The Morgan fingerprint density at radius 2 is 1.83 bits per heavy atom. The second-order valence-electron chi connectivity index (χ2n) is 9.98. The number of likely N-dealkylation sites (tertiary alicyclic amines) is 1. The molecule has 190 valence electrons. The van der Waals surface area contributed by atoms with Gasteiger partial charge in [-0.05, 0) is 95.2 Å². The van der Waals surface area contributed by atoms with Crippen LogP contribution in [0.5, 0.6) is 11.5 Å². The highest BCUT2D eigenvalue weighted by atomic mass is 16.7. The van der Waals surface area contributed by atoms with Crippen LogP contribution in [0.4, 0.5) is 0 Å². The molecule has 0 radical (unpaired) electrons. The van der Waals surface area contributed by atoms with Gasteiger partial charge in [-0.15, -0.1) is 0 Å². The molecular formula is C28H34N4O4. The van der Waals surface area contributed by atoms with Gasteiger partial charge >= 0.3 is 0 Å². The predicted molar refractivity (Wildman–Crippen MR) is 136 cm³/mol. The number of nitriles is 1. The number of rotatable bonds is 9. The van der Waals surface area contributed by atoms with Crippen LogP contribution in [0.1, 0.15) is 36.1 Å². The summed E-state index contributed by atoms with van der Waals surface area (Å²) in [5.74, 6) is 2.12. The number of aryl methyl sites for hydroxylation is 1. The molecule has 3 heterocycles. The SMILES string of the molecule is CN(C)Cc1c(Oc2ccc(C#N)cc2)ccc2c(CCC3CCN(CC4OCCO4)CC3)noc12. The molecule has 0 aliphatic carbocycles. The zero-order valence-electron chi connectivity index (χ0n) is 21.1. The molecular weight excluding hydrogens is 456 g/mol. The first kappa shape index (κ1) is 24.7. The molecule has 0 unspecified atom stereocenters. The number of ether oxygens (including phenoxy) is 3. The van der Waals surface area contributed by atoms with Crippen molar-refractivity contribution in [2.24, 2.45) is 5.92 Å². The number of nitrogens with zero attached hydrogens (tertiary/aromatic N) is 4. The molecule has 2 aromatic carbocycles. The Kier molecular flexibility index (Phi) is 7.83. The molecule has 0 bridgehead atoms. The van der Waals surface area contributed by atoms with Gasteiger partial charge in [-0.1, -0.05) is 5.16 Å². The summed E-state index contributed by atoms with van der Waals surface area (Å²) >= 11 is 0. The van der Waals surface area contributed by atoms with Crippen LogP contribution < -0.4 is 4.74 Å². The monoisotopic (exact) mass is 490 g/mol. The molecule has 0 amide bonds. The average molecular weight is 491 g/mol. The normalized spacial score (nSPS) is 17.7. The van der Waals surface area contributed by atoms with Gasteiger partial charge in [-0.25, -0.2) is 0 Å². The van der Waals surface area contributed by atoms with Crippen LogP contribution in [0.25, 0.3) is 11.0 Å². The second-order valence-corrected chi connectivity index (χ2v) is 9.98. The van der Waals surface area contributed by atoms with Crippen molar-refractivity contribution in [3.63, 3.8) is 0 Å². The van der Waals surface area contributed by atoms with E-state index < -0.39 is 0 Å². The largest absolute Gasteiger partial charge is 0.457 e. The predicted octanol–water partition coefficient (Wildman–Crippen LogP) is 4.57. The second kappa shape index (κ2) is 11.4. The van der Waals surface area contributed by atoms with Crippen LogP contribution in [0.3, 0.4) is 0 Å². The summed E-state index contributed by atoms with van der Waals surface area (Å²) in [4.78, 5) is 4.55. The number of aromatic nitrogens is 1. The lowest BCUT2D eigenvalue weighted by atomic mass is 9.91. The minimum Gasteiger partial charge on any atom is -0.457 e. The number of hydrogen-bond donors (Lipinski definition) is 0. The fraction of sp³-hybridized carbons (Fsp3) is 0.500. The summed E-state index contributed by atoms with van der Waals surface area (Å²) in [5.41, 5.74) is 3.39. The van der Waals surface area contributed by atoms with E-state index in [1.165, 1.54) is 12.8 Å². The third-order valence-corrected chi connectivity index (χ3v) is 7.06. The molecule has 2 aliphatic heterocycles. The summed E-state index contributed by atoms with van der Waals surface area (Å²) in [6, 6.07) is 13.3. The highest BCUT2D eigenvalue weighted by Gasteiger charge is 2.25. The molecule has 8 heteroatoms. The molecule has 2 fully saturated rings. The van der Waals surface area contributed by atoms with Crippen LogP contribution in [0.2, 0.25) is 0 Å². The fourth-order valence-corrected chi connectivity index (χ4v) is 5.08. The Bertz CT molecular complexity index is 1190. The fourth-order valence-electron chi connectivity index (χ4n) is 5.08. The van der Waals surface area contributed by atoms with E-state index in [0.29, 0.717) is 37.0 Å². The van der Waals surface area contributed by atoms with Crippen molar-refractivity contribution < 1.29 is 18.7 Å². The van der Waals surface area contributed by atoms with Gasteiger partial charge in [0.1, 0.15) is 11.5 Å². The topological polar surface area (TPSA) is 84.0 Å². The molecule has 0 spiro atoms. The lowest BCUT2D eigenvalue weighted by molar-refractivity contribution is -0.0661. The highest BCUT2D eigenvalue weighted by molar-refractivity contribution is 5.84. The van der Waals surface area contributed by atoms with E-state index in [-0.39, 0.29) is 6.29 Å². The molecule has 0 saturated carbocycles. The van der Waals surface area contributed by atoms with E-state index in [1.807, 2.05) is 32.3 Å². The van der Waals surface area contributed by atoms with E-state index in [4.69, 9.17) is 24.0 Å². The molecule has 1 aromatic heterocycles. The van der Waals surface area contributed by atoms with E-state index in [0.717, 1.165) is 60.5 Å². The lowest BCUT2D eigenvalue weighted by Gasteiger charge is -2.32. The van der Waals surface area contributed by atoms with Gasteiger partial charge in [0.05, 0.1) is 36.1 Å². The lowest BCUT2D eigenvalue weighted by Crippen LogP contribution is -2.39. The Morgan fingerprint density at radius 3 is 2.53 bits per heavy atom. The van der Waals surface area contributed by atoms with Crippen LogP contribution in [0.15, 0.2) is 40.9 Å². The Morgan fingerprint density at radius 1 is 1.08 bits per heavy atom. The quantitative estimate of drug-likeness (QED) is 0.431. The smallest absolute Gasteiger partial charge is 0.175 e. The minimum absolute atomic E-state index is 0.0508. The van der Waals surface area contributed by atoms with Crippen LogP contribution >= 0.6 is 0 Å². The Hall–Kier alpha value is -2.96. The summed E-state index contributed by atoms with van der Waals surface area (Å²) < 4.78 is 23.3. The molecule has 0 atom stereocenters. The van der Waals surface area contributed by atoms with Crippen molar-refractivity contribution in [3.05, 3.63) is 53.2 Å². The van der Waals surface area contributed by atoms with Gasteiger partial charge in [0.15, 0.2) is 11.9 Å². The number of benzene rings is 2. The van der Waals surface area contributed by atoms with E-state index in [2.05, 4.69) is 27.1 Å². The molecule has 36 heavy (non-hydrogen) atoms. The summed E-state index contributed by atoms with van der Waals surface area (Å²) in [5, 5.41) is 14.6. The molecule has 0 N–H and O–H groups in total. The van der Waals surface area contributed by atoms with E-state index in [9.17, 15) is 0 Å². The van der Waals surface area contributed by atoms with Gasteiger partial charge in [0, 0.05) is 18.5 Å². The Balaban J connectivity index is 1.24. The maximum atomic E-state index is 9.05. The zero-order chi connectivity index (χ0) is 24.9. The third-order valence-electron chi connectivity index (χ3n) is 7.06. The number of piperidine rings is 1. The van der Waals surface area contributed by atoms with Crippen molar-refractivity contribution in [1.29, 1.82) is 5.26 Å². The van der Waals surface area contributed by atoms with Crippen LogP contribution in [0, 0.1) is 17.2 Å². The maximum absolute atomic E-state index is 9.05. The summed E-state index contributed by atoms with van der Waals surface area (Å²) in [6.45, 7) is 5.16. The first-order valence-corrected chi connectivity index (χ1v) is 12.8. The molecule has 8 nitrogen and oxygen atoms in total. The van der Waals surface area contributed by atoms with Crippen molar-refractivity contribution in [1.82, 2.24) is 15.0 Å². The number of fused-ring (bicyclic) bond motifs is 1. The molecule has 5 rings (SSSR count). The van der Waals surface area contributed by atoms with E-state index in [1.54, 1.807) is 12.1 Å². The third kappa shape index (κ3) is 5.88. The van der Waals surface area contributed by atoms with Crippen LogP contribution in [-0.2, 0) is 22.4 Å².